The highest BCUT2D eigenvalue weighted by Gasteiger charge is 2.27. The van der Waals surface area contributed by atoms with Gasteiger partial charge in [0.05, 0.1) is 0 Å². The minimum absolute atomic E-state index is 0.0852. The second kappa shape index (κ2) is 6.32. The molecule has 126 valence electrons. The zero-order valence-corrected chi connectivity index (χ0v) is 13.5. The quantitative estimate of drug-likeness (QED) is 0.921. The van der Waals surface area contributed by atoms with E-state index in [0.29, 0.717) is 19.1 Å². The van der Waals surface area contributed by atoms with Crippen molar-refractivity contribution in [3.8, 4) is 11.5 Å². The second-order valence-electron chi connectivity index (χ2n) is 6.48. The Kier molecular flexibility index (Phi) is 4.02. The summed E-state index contributed by atoms with van der Waals surface area (Å²) in [4.78, 5) is 2.28. The maximum absolute atomic E-state index is 13.2. The number of fused-ring (bicyclic) bond motifs is 1. The highest BCUT2D eigenvalue weighted by molar-refractivity contribution is 5.57. The minimum atomic E-state index is -0.206. The fraction of sp³-hybridized carbons (Fsp3) is 0.368. The number of rotatable bonds is 2. The predicted molar refractivity (Wildman–Crippen MR) is 91.4 cm³/mol. The van der Waals surface area contributed by atoms with Crippen LogP contribution in [-0.4, -0.2) is 32.3 Å². The maximum Gasteiger partial charge on any atom is 0.163 e. The van der Waals surface area contributed by atoms with E-state index in [2.05, 4.69) is 4.90 Å². The van der Waals surface area contributed by atoms with E-state index in [9.17, 15) is 4.39 Å². The molecule has 2 aromatic rings. The highest BCUT2D eigenvalue weighted by Crippen LogP contribution is 2.36. The third-order valence-electron chi connectivity index (χ3n) is 4.72. The first-order valence-electron chi connectivity index (χ1n) is 8.35. The number of anilines is 1. The number of hydrogen-bond acceptors (Lipinski definition) is 4. The SMILES string of the molecule is NC1CC(c2ccc(F)cc2)CN(c2ccc3c(c2)OCCO3)C1. The van der Waals surface area contributed by atoms with Crippen LogP contribution in [0.4, 0.5) is 10.1 Å². The van der Waals surface area contributed by atoms with Gasteiger partial charge in [-0.3, -0.25) is 0 Å². The molecule has 2 N–H and O–H groups in total. The van der Waals surface area contributed by atoms with E-state index in [-0.39, 0.29) is 11.9 Å². The lowest BCUT2D eigenvalue weighted by molar-refractivity contribution is 0.171. The Morgan fingerprint density at radius 2 is 1.71 bits per heavy atom. The fourth-order valence-electron chi connectivity index (χ4n) is 3.55. The molecule has 5 heteroatoms. The predicted octanol–water partition coefficient (Wildman–Crippen LogP) is 2.92. The third kappa shape index (κ3) is 3.04. The van der Waals surface area contributed by atoms with Crippen LogP contribution in [0.5, 0.6) is 11.5 Å². The lowest BCUT2D eigenvalue weighted by atomic mass is 9.88. The Balaban J connectivity index is 1.57. The summed E-state index contributed by atoms with van der Waals surface area (Å²) >= 11 is 0. The average Bonchev–Trinajstić information content (AvgIpc) is 2.61. The summed E-state index contributed by atoms with van der Waals surface area (Å²) in [7, 11) is 0. The van der Waals surface area contributed by atoms with E-state index in [4.69, 9.17) is 15.2 Å². The van der Waals surface area contributed by atoms with Crippen LogP contribution >= 0.6 is 0 Å². The normalized spacial score (nSPS) is 23.2. The van der Waals surface area contributed by atoms with Crippen molar-refractivity contribution in [3.05, 3.63) is 53.8 Å². The van der Waals surface area contributed by atoms with Gasteiger partial charge in [0, 0.05) is 36.8 Å². The molecule has 4 rings (SSSR count). The van der Waals surface area contributed by atoms with Gasteiger partial charge in [0.15, 0.2) is 11.5 Å². The largest absolute Gasteiger partial charge is 0.486 e. The molecular weight excluding hydrogens is 307 g/mol. The van der Waals surface area contributed by atoms with Crippen molar-refractivity contribution in [2.75, 3.05) is 31.2 Å². The summed E-state index contributed by atoms with van der Waals surface area (Å²) in [6.45, 7) is 2.83. The molecule has 2 aliphatic rings. The van der Waals surface area contributed by atoms with E-state index in [0.717, 1.165) is 42.3 Å². The van der Waals surface area contributed by atoms with Crippen LogP contribution in [-0.2, 0) is 0 Å². The number of hydrogen-bond donors (Lipinski definition) is 1. The van der Waals surface area contributed by atoms with Gasteiger partial charge in [-0.1, -0.05) is 12.1 Å². The van der Waals surface area contributed by atoms with Crippen molar-refractivity contribution in [1.82, 2.24) is 0 Å². The van der Waals surface area contributed by atoms with Crippen molar-refractivity contribution in [2.24, 2.45) is 5.73 Å². The van der Waals surface area contributed by atoms with E-state index in [1.807, 2.05) is 30.3 Å². The lowest BCUT2D eigenvalue weighted by Gasteiger charge is -2.38. The molecule has 4 nitrogen and oxygen atoms in total. The van der Waals surface area contributed by atoms with Crippen LogP contribution < -0.4 is 20.1 Å². The summed E-state index contributed by atoms with van der Waals surface area (Å²) in [5, 5.41) is 0. The van der Waals surface area contributed by atoms with Crippen LogP contribution in [0.15, 0.2) is 42.5 Å². The summed E-state index contributed by atoms with van der Waals surface area (Å²) in [6.07, 6.45) is 0.909. The molecule has 0 bridgehead atoms. The fourth-order valence-corrected chi connectivity index (χ4v) is 3.55. The van der Waals surface area contributed by atoms with Gasteiger partial charge in [-0.2, -0.15) is 0 Å². The molecule has 0 aromatic heterocycles. The van der Waals surface area contributed by atoms with Gasteiger partial charge < -0.3 is 20.1 Å². The average molecular weight is 328 g/mol. The summed E-state index contributed by atoms with van der Waals surface area (Å²) < 4.78 is 24.4. The van der Waals surface area contributed by atoms with Gasteiger partial charge in [-0.15, -0.1) is 0 Å². The molecular formula is C19H21FN2O2. The molecule has 1 saturated heterocycles. The number of ether oxygens (including phenoxy) is 2. The molecule has 2 atom stereocenters. The number of nitrogens with two attached hydrogens (primary N) is 1. The van der Waals surface area contributed by atoms with Gasteiger partial charge in [-0.25, -0.2) is 4.39 Å². The molecule has 24 heavy (non-hydrogen) atoms. The van der Waals surface area contributed by atoms with Crippen LogP contribution in [0, 0.1) is 5.82 Å². The summed E-state index contributed by atoms with van der Waals surface area (Å²) in [5.41, 5.74) is 8.50. The van der Waals surface area contributed by atoms with Crippen LogP contribution in [0.25, 0.3) is 0 Å². The molecule has 1 fully saturated rings. The Morgan fingerprint density at radius 1 is 0.958 bits per heavy atom. The number of nitrogens with zero attached hydrogens (tertiary/aromatic N) is 1. The van der Waals surface area contributed by atoms with Crippen LogP contribution in [0.1, 0.15) is 17.9 Å². The molecule has 0 saturated carbocycles. The van der Waals surface area contributed by atoms with Crippen molar-refractivity contribution >= 4 is 5.69 Å². The first-order chi connectivity index (χ1) is 11.7. The molecule has 0 amide bonds. The van der Waals surface area contributed by atoms with E-state index in [1.54, 1.807) is 0 Å². The minimum Gasteiger partial charge on any atom is -0.486 e. The molecule has 2 heterocycles. The Morgan fingerprint density at radius 3 is 2.50 bits per heavy atom. The van der Waals surface area contributed by atoms with Gasteiger partial charge in [0.25, 0.3) is 0 Å². The number of piperidine rings is 1. The topological polar surface area (TPSA) is 47.7 Å². The summed E-state index contributed by atoms with van der Waals surface area (Å²) in [5.74, 6) is 1.67. The zero-order valence-electron chi connectivity index (χ0n) is 13.5. The van der Waals surface area contributed by atoms with Crippen molar-refractivity contribution in [1.29, 1.82) is 0 Å². The van der Waals surface area contributed by atoms with E-state index in [1.165, 1.54) is 12.1 Å². The van der Waals surface area contributed by atoms with Crippen molar-refractivity contribution < 1.29 is 13.9 Å². The van der Waals surface area contributed by atoms with Crippen molar-refractivity contribution in [2.45, 2.75) is 18.4 Å². The zero-order chi connectivity index (χ0) is 16.5. The van der Waals surface area contributed by atoms with Gasteiger partial charge in [0.1, 0.15) is 19.0 Å². The Labute approximate surface area is 141 Å². The smallest absolute Gasteiger partial charge is 0.163 e. The molecule has 2 aromatic carbocycles. The second-order valence-corrected chi connectivity index (χ2v) is 6.48. The molecule has 2 aliphatic heterocycles. The number of halogens is 1. The van der Waals surface area contributed by atoms with E-state index >= 15 is 0 Å². The van der Waals surface area contributed by atoms with Crippen LogP contribution in [0.3, 0.4) is 0 Å². The Bertz CT molecular complexity index is 720. The van der Waals surface area contributed by atoms with Crippen molar-refractivity contribution in [3.63, 3.8) is 0 Å². The first kappa shape index (κ1) is 15.3. The monoisotopic (exact) mass is 328 g/mol. The molecule has 0 spiro atoms. The first-order valence-corrected chi connectivity index (χ1v) is 8.35. The van der Waals surface area contributed by atoms with Gasteiger partial charge in [-0.05, 0) is 36.2 Å². The molecule has 0 aliphatic carbocycles. The standard InChI is InChI=1S/C19H21FN2O2/c20-15-3-1-13(2-4-15)14-9-16(21)12-22(11-14)17-5-6-18-19(10-17)24-8-7-23-18/h1-6,10,14,16H,7-9,11-12,21H2. The van der Waals surface area contributed by atoms with E-state index < -0.39 is 0 Å². The highest BCUT2D eigenvalue weighted by atomic mass is 19.1. The Hall–Kier alpha value is -2.27. The molecule has 0 radical (unpaired) electrons. The molecule has 2 unspecified atom stereocenters. The lowest BCUT2D eigenvalue weighted by Crippen LogP contribution is -2.46. The van der Waals surface area contributed by atoms with Gasteiger partial charge >= 0.3 is 0 Å². The van der Waals surface area contributed by atoms with Gasteiger partial charge in [0.2, 0.25) is 0 Å². The number of benzene rings is 2. The maximum atomic E-state index is 13.2. The van der Waals surface area contributed by atoms with Crippen LogP contribution in [0.2, 0.25) is 0 Å². The summed E-state index contributed by atoms with van der Waals surface area (Å²) in [6, 6.07) is 12.9. The third-order valence-corrected chi connectivity index (χ3v) is 4.72.